The molecule has 0 spiro atoms. The van der Waals surface area contributed by atoms with Gasteiger partial charge in [0.2, 0.25) is 5.91 Å². The smallest absolute Gasteiger partial charge is 0.410 e. The lowest BCUT2D eigenvalue weighted by Gasteiger charge is -2.32. The Hall–Kier alpha value is -2.05. The molecule has 2 amide bonds. The van der Waals surface area contributed by atoms with Gasteiger partial charge in [-0.15, -0.1) is 0 Å². The number of likely N-dealkylation sites (tertiary alicyclic amines) is 1. The number of hydrogen-bond acceptors (Lipinski definition) is 4. The van der Waals surface area contributed by atoms with Gasteiger partial charge in [-0.3, -0.25) is 9.89 Å². The predicted molar refractivity (Wildman–Crippen MR) is 94.5 cm³/mol. The van der Waals surface area contributed by atoms with Gasteiger partial charge in [-0.2, -0.15) is 5.10 Å². The molecule has 7 heteroatoms. The molecule has 7 nitrogen and oxygen atoms in total. The van der Waals surface area contributed by atoms with Crippen LogP contribution in [-0.2, 0) is 9.53 Å². The lowest BCUT2D eigenvalue weighted by Crippen LogP contribution is -2.43. The SMILES string of the molecule is Cc1c(NC(=O)C2CCN(C(=O)OC(C)(C)C)CC2)n[nH]c1C1CC1. The standard InChI is InChI=1S/C18H28N4O3/c1-11-14(12-5-6-12)20-21-15(11)19-16(23)13-7-9-22(10-8-13)17(24)25-18(2,3)4/h12-13H,5-10H2,1-4H3,(H2,19,20,21,23). The van der Waals surface area contributed by atoms with Crippen molar-refractivity contribution in [2.24, 2.45) is 5.92 Å². The first-order valence-corrected chi connectivity index (χ1v) is 9.08. The fourth-order valence-electron chi connectivity index (χ4n) is 3.17. The summed E-state index contributed by atoms with van der Waals surface area (Å²) in [5.74, 6) is 1.11. The molecule has 0 unspecified atom stereocenters. The molecule has 2 fully saturated rings. The summed E-state index contributed by atoms with van der Waals surface area (Å²) in [6.45, 7) is 8.64. The average Bonchev–Trinajstić information content (AvgIpc) is 3.31. The van der Waals surface area contributed by atoms with Gasteiger partial charge in [-0.05, 0) is 53.4 Å². The number of aromatic nitrogens is 2. The minimum Gasteiger partial charge on any atom is -0.444 e. The monoisotopic (exact) mass is 348 g/mol. The maximum Gasteiger partial charge on any atom is 0.410 e. The summed E-state index contributed by atoms with van der Waals surface area (Å²) in [7, 11) is 0. The van der Waals surface area contributed by atoms with Gasteiger partial charge in [0.25, 0.3) is 0 Å². The molecular formula is C18H28N4O3. The van der Waals surface area contributed by atoms with Crippen molar-refractivity contribution in [2.45, 2.75) is 64.9 Å². The Morgan fingerprint density at radius 3 is 2.40 bits per heavy atom. The molecule has 2 N–H and O–H groups in total. The Bertz CT molecular complexity index is 650. The van der Waals surface area contributed by atoms with Crippen LogP contribution in [0.1, 0.15) is 63.6 Å². The van der Waals surface area contributed by atoms with Crippen molar-refractivity contribution in [1.29, 1.82) is 0 Å². The molecule has 1 saturated carbocycles. The van der Waals surface area contributed by atoms with Crippen molar-refractivity contribution in [2.75, 3.05) is 18.4 Å². The number of rotatable bonds is 3. The van der Waals surface area contributed by atoms with E-state index in [-0.39, 0.29) is 17.9 Å². The van der Waals surface area contributed by atoms with Gasteiger partial charge in [0.05, 0.1) is 0 Å². The van der Waals surface area contributed by atoms with Crippen LogP contribution in [0.3, 0.4) is 0 Å². The van der Waals surface area contributed by atoms with E-state index in [1.54, 1.807) is 4.90 Å². The summed E-state index contributed by atoms with van der Waals surface area (Å²) in [4.78, 5) is 26.3. The van der Waals surface area contributed by atoms with Crippen molar-refractivity contribution >= 4 is 17.8 Å². The summed E-state index contributed by atoms with van der Waals surface area (Å²) in [5.41, 5.74) is 1.69. The van der Waals surface area contributed by atoms with Crippen LogP contribution in [0.2, 0.25) is 0 Å². The van der Waals surface area contributed by atoms with Gasteiger partial charge in [0.1, 0.15) is 5.60 Å². The number of hydrogen-bond donors (Lipinski definition) is 2. The topological polar surface area (TPSA) is 87.3 Å². The Labute approximate surface area is 148 Å². The van der Waals surface area contributed by atoms with Crippen LogP contribution < -0.4 is 5.32 Å². The highest BCUT2D eigenvalue weighted by atomic mass is 16.6. The van der Waals surface area contributed by atoms with Crippen LogP contribution in [0.25, 0.3) is 0 Å². The Morgan fingerprint density at radius 1 is 1.20 bits per heavy atom. The van der Waals surface area contributed by atoms with Gasteiger partial charge >= 0.3 is 6.09 Å². The molecule has 1 aliphatic heterocycles. The van der Waals surface area contributed by atoms with E-state index in [2.05, 4.69) is 15.5 Å². The van der Waals surface area contributed by atoms with Gasteiger partial charge < -0.3 is 15.0 Å². The average molecular weight is 348 g/mol. The summed E-state index contributed by atoms with van der Waals surface area (Å²) in [5, 5.41) is 10.3. The van der Waals surface area contributed by atoms with E-state index in [9.17, 15) is 9.59 Å². The van der Waals surface area contributed by atoms with E-state index in [0.717, 1.165) is 11.3 Å². The number of carbonyl (C=O) groups excluding carboxylic acids is 2. The molecule has 138 valence electrons. The van der Waals surface area contributed by atoms with Crippen molar-refractivity contribution in [3.8, 4) is 0 Å². The van der Waals surface area contributed by atoms with E-state index in [4.69, 9.17) is 4.74 Å². The number of anilines is 1. The van der Waals surface area contributed by atoms with Gasteiger partial charge in [-0.25, -0.2) is 4.79 Å². The molecule has 0 bridgehead atoms. The summed E-state index contributed by atoms with van der Waals surface area (Å²) in [6.07, 6.45) is 3.37. The molecule has 1 aliphatic carbocycles. The zero-order chi connectivity index (χ0) is 18.2. The maximum atomic E-state index is 12.5. The highest BCUT2D eigenvalue weighted by molar-refractivity contribution is 5.92. The zero-order valence-electron chi connectivity index (χ0n) is 15.5. The molecule has 3 rings (SSSR count). The number of piperidine rings is 1. The number of carbonyl (C=O) groups is 2. The third-order valence-electron chi connectivity index (χ3n) is 4.79. The summed E-state index contributed by atoms with van der Waals surface area (Å²) in [6, 6.07) is 0. The minimum absolute atomic E-state index is 0.0132. The molecule has 0 aromatic carbocycles. The lowest BCUT2D eigenvalue weighted by atomic mass is 9.96. The molecule has 2 heterocycles. The van der Waals surface area contributed by atoms with E-state index in [1.165, 1.54) is 12.8 Å². The predicted octanol–water partition coefficient (Wildman–Crippen LogP) is 3.18. The molecule has 1 aromatic rings. The number of amides is 2. The van der Waals surface area contributed by atoms with E-state index >= 15 is 0 Å². The second-order valence-corrected chi connectivity index (χ2v) is 8.12. The summed E-state index contributed by atoms with van der Waals surface area (Å²) < 4.78 is 5.39. The largest absolute Gasteiger partial charge is 0.444 e. The second-order valence-electron chi connectivity index (χ2n) is 8.12. The zero-order valence-corrected chi connectivity index (χ0v) is 15.5. The Morgan fingerprint density at radius 2 is 1.84 bits per heavy atom. The lowest BCUT2D eigenvalue weighted by molar-refractivity contribution is -0.121. The van der Waals surface area contributed by atoms with Crippen LogP contribution in [0.4, 0.5) is 10.6 Å². The second kappa shape index (κ2) is 6.69. The van der Waals surface area contributed by atoms with Crippen molar-refractivity contribution < 1.29 is 14.3 Å². The number of aromatic amines is 1. The third-order valence-corrected chi connectivity index (χ3v) is 4.79. The molecule has 0 radical (unpaired) electrons. The van der Waals surface area contributed by atoms with Gasteiger partial charge in [0, 0.05) is 36.2 Å². The van der Waals surface area contributed by atoms with Crippen molar-refractivity contribution in [3.63, 3.8) is 0 Å². The highest BCUT2D eigenvalue weighted by Crippen LogP contribution is 2.41. The molecule has 2 aliphatic rings. The van der Waals surface area contributed by atoms with Crippen LogP contribution in [0.5, 0.6) is 0 Å². The van der Waals surface area contributed by atoms with Crippen molar-refractivity contribution in [1.82, 2.24) is 15.1 Å². The minimum atomic E-state index is -0.498. The van der Waals surface area contributed by atoms with Gasteiger partial charge in [-0.1, -0.05) is 0 Å². The molecule has 1 aromatic heterocycles. The fourth-order valence-corrected chi connectivity index (χ4v) is 3.17. The van der Waals surface area contributed by atoms with Crippen LogP contribution in [0, 0.1) is 12.8 Å². The van der Waals surface area contributed by atoms with E-state index < -0.39 is 5.60 Å². The quantitative estimate of drug-likeness (QED) is 0.878. The number of ether oxygens (including phenoxy) is 1. The molecule has 0 atom stereocenters. The maximum absolute atomic E-state index is 12.5. The number of nitrogens with zero attached hydrogens (tertiary/aromatic N) is 2. The fraction of sp³-hybridized carbons (Fsp3) is 0.722. The van der Waals surface area contributed by atoms with Crippen LogP contribution in [0.15, 0.2) is 0 Å². The van der Waals surface area contributed by atoms with Gasteiger partial charge in [0.15, 0.2) is 5.82 Å². The van der Waals surface area contributed by atoms with Crippen LogP contribution >= 0.6 is 0 Å². The molecule has 1 saturated heterocycles. The first-order valence-electron chi connectivity index (χ1n) is 9.08. The first kappa shape index (κ1) is 17.8. The normalized spacial score (nSPS) is 19.0. The Kier molecular flexibility index (Phi) is 4.75. The first-order chi connectivity index (χ1) is 11.7. The summed E-state index contributed by atoms with van der Waals surface area (Å²) >= 11 is 0. The number of nitrogens with one attached hydrogen (secondary N) is 2. The number of H-pyrrole nitrogens is 1. The third kappa shape index (κ3) is 4.32. The van der Waals surface area contributed by atoms with E-state index in [1.807, 2.05) is 27.7 Å². The molecular weight excluding hydrogens is 320 g/mol. The van der Waals surface area contributed by atoms with E-state index in [0.29, 0.717) is 37.7 Å². The van der Waals surface area contributed by atoms with Crippen LogP contribution in [-0.4, -0.2) is 45.8 Å². The molecule has 25 heavy (non-hydrogen) atoms. The Balaban J connectivity index is 1.51. The van der Waals surface area contributed by atoms with Crippen molar-refractivity contribution in [3.05, 3.63) is 11.3 Å². The highest BCUT2D eigenvalue weighted by Gasteiger charge is 2.32.